The molecule has 1 aliphatic heterocycles. The van der Waals surface area contributed by atoms with Crippen molar-refractivity contribution in [3.05, 3.63) is 0 Å². The van der Waals surface area contributed by atoms with Crippen LogP contribution in [0, 0.1) is 5.41 Å². The average Bonchev–Trinajstić information content (AvgIpc) is 2.72. The molecule has 3 N–H and O–H groups in total. The lowest BCUT2D eigenvalue weighted by atomic mass is 9.79. The van der Waals surface area contributed by atoms with Crippen molar-refractivity contribution in [3.63, 3.8) is 0 Å². The van der Waals surface area contributed by atoms with E-state index in [1.807, 2.05) is 23.5 Å². The highest BCUT2D eigenvalue weighted by Crippen LogP contribution is 2.34. The van der Waals surface area contributed by atoms with Gasteiger partial charge in [0.2, 0.25) is 5.91 Å². The zero-order valence-corrected chi connectivity index (χ0v) is 13.3. The minimum Gasteiger partial charge on any atom is -0.354 e. The first kappa shape index (κ1) is 15.5. The van der Waals surface area contributed by atoms with Crippen molar-refractivity contribution in [1.82, 2.24) is 5.32 Å². The maximum atomic E-state index is 12.5. The quantitative estimate of drug-likeness (QED) is 0.782. The summed E-state index contributed by atoms with van der Waals surface area (Å²) < 4.78 is 0. The summed E-state index contributed by atoms with van der Waals surface area (Å²) in [6.45, 7) is 1.32. The summed E-state index contributed by atoms with van der Waals surface area (Å²) in [5.41, 5.74) is 5.67. The molecule has 1 amide bonds. The van der Waals surface area contributed by atoms with Gasteiger partial charge in [0.1, 0.15) is 0 Å². The van der Waals surface area contributed by atoms with Crippen molar-refractivity contribution in [3.8, 4) is 0 Å². The number of carbonyl (C=O) groups excluding carboxylic acids is 1. The van der Waals surface area contributed by atoms with Gasteiger partial charge in [-0.05, 0) is 12.8 Å². The molecule has 0 bridgehead atoms. The predicted octanol–water partition coefficient (Wildman–Crippen LogP) is 2.25. The Hall–Kier alpha value is 0.130. The smallest absolute Gasteiger partial charge is 0.227 e. The fourth-order valence-electron chi connectivity index (χ4n) is 2.98. The van der Waals surface area contributed by atoms with Crippen molar-refractivity contribution in [2.24, 2.45) is 11.1 Å². The van der Waals surface area contributed by atoms with E-state index in [0.717, 1.165) is 32.2 Å². The zero-order valence-electron chi connectivity index (χ0n) is 11.7. The third kappa shape index (κ3) is 4.30. The van der Waals surface area contributed by atoms with Gasteiger partial charge in [0.15, 0.2) is 0 Å². The van der Waals surface area contributed by atoms with Crippen LogP contribution in [0.3, 0.4) is 0 Å². The summed E-state index contributed by atoms with van der Waals surface area (Å²) >= 11 is 4.00. The third-order valence-corrected chi connectivity index (χ3v) is 7.15. The van der Waals surface area contributed by atoms with Crippen LogP contribution in [0.2, 0.25) is 0 Å². The second-order valence-corrected chi connectivity index (χ2v) is 8.23. The molecular formula is C14H26N2OS2. The first-order valence-electron chi connectivity index (χ1n) is 7.44. The number of hydrogen-bond acceptors (Lipinski definition) is 4. The van der Waals surface area contributed by atoms with Gasteiger partial charge < -0.3 is 11.1 Å². The van der Waals surface area contributed by atoms with Crippen LogP contribution < -0.4 is 11.1 Å². The fraction of sp³-hybridized carbons (Fsp3) is 0.929. The van der Waals surface area contributed by atoms with Crippen LogP contribution in [0.1, 0.15) is 38.5 Å². The topological polar surface area (TPSA) is 55.1 Å². The van der Waals surface area contributed by atoms with Gasteiger partial charge in [-0.1, -0.05) is 25.7 Å². The van der Waals surface area contributed by atoms with Crippen molar-refractivity contribution >= 4 is 29.4 Å². The SMILES string of the molecule is NCC1(C(=O)NCC2CSCCS2)CCCCCC1. The molecule has 1 heterocycles. The molecule has 0 aromatic carbocycles. The molecule has 19 heavy (non-hydrogen) atoms. The molecule has 0 spiro atoms. The molecule has 1 unspecified atom stereocenters. The molecule has 0 aromatic rings. The number of thioether (sulfide) groups is 2. The van der Waals surface area contributed by atoms with E-state index in [2.05, 4.69) is 5.32 Å². The van der Waals surface area contributed by atoms with Crippen LogP contribution in [0.5, 0.6) is 0 Å². The van der Waals surface area contributed by atoms with Crippen LogP contribution in [-0.2, 0) is 4.79 Å². The minimum absolute atomic E-state index is 0.216. The van der Waals surface area contributed by atoms with Gasteiger partial charge in [0.05, 0.1) is 5.41 Å². The maximum Gasteiger partial charge on any atom is 0.227 e. The summed E-state index contributed by atoms with van der Waals surface area (Å²) in [5.74, 6) is 3.85. The lowest BCUT2D eigenvalue weighted by Crippen LogP contribution is -2.47. The Bertz CT molecular complexity index is 285. The molecule has 0 radical (unpaired) electrons. The number of rotatable bonds is 4. The van der Waals surface area contributed by atoms with E-state index in [9.17, 15) is 4.79 Å². The van der Waals surface area contributed by atoms with Crippen molar-refractivity contribution in [2.75, 3.05) is 30.3 Å². The second-order valence-electron chi connectivity index (χ2n) is 5.68. The summed E-state index contributed by atoms with van der Waals surface area (Å²) in [5, 5.41) is 3.77. The Morgan fingerprint density at radius 1 is 1.21 bits per heavy atom. The van der Waals surface area contributed by atoms with Crippen molar-refractivity contribution in [1.29, 1.82) is 0 Å². The molecule has 2 fully saturated rings. The molecular weight excluding hydrogens is 276 g/mol. The summed E-state index contributed by atoms with van der Waals surface area (Å²) in [6, 6.07) is 0. The Morgan fingerprint density at radius 3 is 2.53 bits per heavy atom. The van der Waals surface area contributed by atoms with E-state index in [-0.39, 0.29) is 11.3 Å². The number of carbonyl (C=O) groups is 1. The van der Waals surface area contributed by atoms with Crippen LogP contribution in [0.4, 0.5) is 0 Å². The molecule has 1 aliphatic carbocycles. The van der Waals surface area contributed by atoms with Crippen molar-refractivity contribution < 1.29 is 4.79 Å². The molecule has 1 saturated carbocycles. The van der Waals surface area contributed by atoms with E-state index in [4.69, 9.17) is 5.73 Å². The van der Waals surface area contributed by atoms with Gasteiger partial charge in [-0.3, -0.25) is 4.79 Å². The largest absolute Gasteiger partial charge is 0.354 e. The molecule has 1 saturated heterocycles. The maximum absolute atomic E-state index is 12.5. The van der Waals surface area contributed by atoms with Gasteiger partial charge in [0, 0.05) is 35.6 Å². The van der Waals surface area contributed by atoms with Gasteiger partial charge in [0.25, 0.3) is 0 Å². The molecule has 110 valence electrons. The molecule has 3 nitrogen and oxygen atoms in total. The van der Waals surface area contributed by atoms with Gasteiger partial charge in [-0.25, -0.2) is 0 Å². The van der Waals surface area contributed by atoms with Crippen LogP contribution in [0.25, 0.3) is 0 Å². The van der Waals surface area contributed by atoms with Crippen LogP contribution in [0.15, 0.2) is 0 Å². The monoisotopic (exact) mass is 302 g/mol. The molecule has 0 aromatic heterocycles. The summed E-state index contributed by atoms with van der Waals surface area (Å²) in [7, 11) is 0. The van der Waals surface area contributed by atoms with E-state index < -0.39 is 0 Å². The first-order chi connectivity index (χ1) is 9.27. The molecule has 5 heteroatoms. The first-order valence-corrected chi connectivity index (χ1v) is 9.65. The number of nitrogens with two attached hydrogens (primary N) is 1. The second kappa shape index (κ2) is 7.79. The Balaban J connectivity index is 1.84. The molecule has 2 rings (SSSR count). The zero-order chi connectivity index (χ0) is 13.6. The highest BCUT2D eigenvalue weighted by atomic mass is 32.2. The van der Waals surface area contributed by atoms with Gasteiger partial charge in [-0.15, -0.1) is 0 Å². The normalized spacial score (nSPS) is 27.5. The van der Waals surface area contributed by atoms with Gasteiger partial charge in [-0.2, -0.15) is 23.5 Å². The lowest BCUT2D eigenvalue weighted by Gasteiger charge is -2.31. The molecule has 2 aliphatic rings. The van der Waals surface area contributed by atoms with E-state index in [0.29, 0.717) is 11.8 Å². The average molecular weight is 303 g/mol. The van der Waals surface area contributed by atoms with E-state index in [1.165, 1.54) is 30.1 Å². The summed E-state index contributed by atoms with van der Waals surface area (Å²) in [6.07, 6.45) is 6.76. The number of hydrogen-bond donors (Lipinski definition) is 2. The van der Waals surface area contributed by atoms with Crippen LogP contribution in [-0.4, -0.2) is 41.5 Å². The lowest BCUT2D eigenvalue weighted by molar-refractivity contribution is -0.131. The Kier molecular flexibility index (Phi) is 6.36. The number of nitrogens with one attached hydrogen (secondary N) is 1. The number of amides is 1. The van der Waals surface area contributed by atoms with Gasteiger partial charge >= 0.3 is 0 Å². The van der Waals surface area contributed by atoms with Crippen molar-refractivity contribution in [2.45, 2.75) is 43.8 Å². The van der Waals surface area contributed by atoms with E-state index in [1.54, 1.807) is 0 Å². The highest BCUT2D eigenvalue weighted by Gasteiger charge is 2.37. The standard InChI is InChI=1S/C14H26N2OS2/c15-11-14(5-3-1-2-4-6-14)13(17)16-9-12-10-18-7-8-19-12/h12H,1-11,15H2,(H,16,17). The molecule has 1 atom stereocenters. The predicted molar refractivity (Wildman–Crippen MR) is 85.8 cm³/mol. The Labute approximate surface area is 125 Å². The summed E-state index contributed by atoms with van der Waals surface area (Å²) in [4.78, 5) is 12.5. The fourth-order valence-corrected chi connectivity index (χ4v) is 5.59. The van der Waals surface area contributed by atoms with E-state index >= 15 is 0 Å². The van der Waals surface area contributed by atoms with Crippen LogP contribution >= 0.6 is 23.5 Å². The highest BCUT2D eigenvalue weighted by molar-refractivity contribution is 8.06. The minimum atomic E-state index is -0.275. The Morgan fingerprint density at radius 2 is 1.95 bits per heavy atom. The third-order valence-electron chi connectivity index (χ3n) is 4.31.